The van der Waals surface area contributed by atoms with E-state index >= 15 is 0 Å². The van der Waals surface area contributed by atoms with Gasteiger partial charge in [0.1, 0.15) is 5.75 Å². The fourth-order valence-corrected chi connectivity index (χ4v) is 3.15. The van der Waals surface area contributed by atoms with Gasteiger partial charge in [-0.1, -0.05) is 71.0 Å². The van der Waals surface area contributed by atoms with Crippen molar-refractivity contribution >= 4 is 35.1 Å². The van der Waals surface area contributed by atoms with E-state index in [1.54, 1.807) is 0 Å². The minimum absolute atomic E-state index is 0.0583. The Balaban J connectivity index is 2.48. The highest BCUT2D eigenvalue weighted by atomic mass is 32.1. The van der Waals surface area contributed by atoms with Crippen LogP contribution in [0.15, 0.2) is 48.5 Å². The molecule has 0 fully saturated rings. The molecule has 1 nitrogen and oxygen atoms in total. The molecule has 2 aromatic rings. The highest BCUT2D eigenvalue weighted by Crippen LogP contribution is 2.39. The Labute approximate surface area is 169 Å². The van der Waals surface area contributed by atoms with Crippen LogP contribution >= 0.6 is 25.3 Å². The highest BCUT2D eigenvalue weighted by molar-refractivity contribution is 7.96. The fraction of sp³-hybridized carbons (Fsp3) is 0.391. The average Bonchev–Trinajstić information content (AvgIpc) is 2.60. The molecular weight excluding hydrogens is 356 g/mol. The van der Waals surface area contributed by atoms with Crippen molar-refractivity contribution in [1.82, 2.24) is 0 Å². The van der Waals surface area contributed by atoms with Crippen LogP contribution in [-0.2, 0) is 5.41 Å². The zero-order chi connectivity index (χ0) is 19.3. The number of hydrogen-bond donors (Lipinski definition) is 2. The zero-order valence-electron chi connectivity index (χ0n) is 16.4. The molecule has 140 valence electrons. The maximum Gasteiger partial charge on any atom is 0.127 e. The van der Waals surface area contributed by atoms with Crippen LogP contribution in [0, 0.1) is 5.92 Å². The van der Waals surface area contributed by atoms with Gasteiger partial charge in [0.2, 0.25) is 0 Å². The molecule has 0 bridgehead atoms. The average molecular weight is 387 g/mol. The summed E-state index contributed by atoms with van der Waals surface area (Å²) in [5.74, 6) is 1.48. The van der Waals surface area contributed by atoms with E-state index in [9.17, 15) is 0 Å². The van der Waals surface area contributed by atoms with E-state index in [1.165, 1.54) is 5.56 Å². The van der Waals surface area contributed by atoms with Crippen molar-refractivity contribution in [3.05, 3.63) is 65.2 Å². The second-order valence-corrected chi connectivity index (χ2v) is 8.95. The van der Waals surface area contributed by atoms with Crippen LogP contribution in [0.25, 0.3) is 9.81 Å². The van der Waals surface area contributed by atoms with Gasteiger partial charge in [0, 0.05) is 15.4 Å². The summed E-state index contributed by atoms with van der Waals surface area (Å²) in [7, 11) is 0. The van der Waals surface area contributed by atoms with Crippen molar-refractivity contribution in [1.29, 1.82) is 0 Å². The van der Waals surface area contributed by atoms with Crippen molar-refractivity contribution in [3.63, 3.8) is 0 Å². The summed E-state index contributed by atoms with van der Waals surface area (Å²) in [4.78, 5) is 1.69. The standard InChI is InChI=1S/C23H30OS2/c1-16(2)13-14-24-20-12-11-18(23(3,4)5)15-19(20)22(26)21(25)17-9-7-6-8-10-17/h6-12,15-16,25-26H,13-14H2,1-5H3/b22-21-. The van der Waals surface area contributed by atoms with Crippen LogP contribution in [0.2, 0.25) is 0 Å². The molecule has 0 atom stereocenters. The summed E-state index contributed by atoms with van der Waals surface area (Å²) >= 11 is 9.58. The van der Waals surface area contributed by atoms with Gasteiger partial charge < -0.3 is 4.74 Å². The van der Waals surface area contributed by atoms with E-state index in [4.69, 9.17) is 30.0 Å². The number of hydrogen-bond acceptors (Lipinski definition) is 3. The number of thiol groups is 2. The summed E-state index contributed by atoms with van der Waals surface area (Å²) in [5, 5.41) is 0. The van der Waals surface area contributed by atoms with Gasteiger partial charge >= 0.3 is 0 Å². The molecule has 0 saturated heterocycles. The van der Waals surface area contributed by atoms with Crippen LogP contribution in [0.1, 0.15) is 57.7 Å². The Hall–Kier alpha value is -1.32. The third-order valence-corrected chi connectivity index (χ3v) is 5.45. The molecule has 0 amide bonds. The summed E-state index contributed by atoms with van der Waals surface area (Å²) < 4.78 is 6.11. The minimum atomic E-state index is 0.0583. The van der Waals surface area contributed by atoms with Crippen molar-refractivity contribution in [2.24, 2.45) is 5.92 Å². The highest BCUT2D eigenvalue weighted by Gasteiger charge is 2.18. The van der Waals surface area contributed by atoms with Crippen LogP contribution in [0.4, 0.5) is 0 Å². The van der Waals surface area contributed by atoms with E-state index in [-0.39, 0.29) is 5.41 Å². The lowest BCUT2D eigenvalue weighted by Crippen LogP contribution is -2.12. The first-order valence-electron chi connectivity index (χ1n) is 9.15. The molecule has 2 rings (SSSR count). The number of ether oxygens (including phenoxy) is 1. The Morgan fingerprint density at radius 3 is 2.19 bits per heavy atom. The summed E-state index contributed by atoms with van der Waals surface area (Å²) in [6.07, 6.45) is 1.03. The molecule has 0 saturated carbocycles. The van der Waals surface area contributed by atoms with Crippen LogP contribution in [-0.4, -0.2) is 6.61 Å². The Morgan fingerprint density at radius 1 is 0.962 bits per heavy atom. The molecule has 0 aromatic heterocycles. The quantitative estimate of drug-likeness (QED) is 0.398. The topological polar surface area (TPSA) is 9.23 Å². The minimum Gasteiger partial charge on any atom is -0.493 e. The molecule has 0 aliphatic heterocycles. The van der Waals surface area contributed by atoms with E-state index in [0.29, 0.717) is 12.5 Å². The van der Waals surface area contributed by atoms with Crippen molar-refractivity contribution in [3.8, 4) is 5.75 Å². The predicted octanol–water partition coefficient (Wildman–Crippen LogP) is 7.09. The maximum absolute atomic E-state index is 6.11. The normalized spacial score (nSPS) is 12.9. The molecule has 0 unspecified atom stereocenters. The molecule has 0 aliphatic carbocycles. The van der Waals surface area contributed by atoms with Gasteiger partial charge in [-0.05, 0) is 41.0 Å². The molecule has 2 aromatic carbocycles. The summed E-state index contributed by atoms with van der Waals surface area (Å²) in [5.41, 5.74) is 3.36. The van der Waals surface area contributed by atoms with E-state index < -0.39 is 0 Å². The number of rotatable bonds is 6. The zero-order valence-corrected chi connectivity index (χ0v) is 18.2. The Kier molecular flexibility index (Phi) is 7.31. The fourth-order valence-electron chi connectivity index (χ4n) is 2.57. The van der Waals surface area contributed by atoms with Crippen LogP contribution in [0.3, 0.4) is 0 Å². The summed E-state index contributed by atoms with van der Waals surface area (Å²) in [6, 6.07) is 16.5. The van der Waals surface area contributed by atoms with E-state index in [1.807, 2.05) is 30.3 Å². The molecule has 0 spiro atoms. The third kappa shape index (κ3) is 5.59. The van der Waals surface area contributed by atoms with E-state index in [2.05, 4.69) is 52.8 Å². The van der Waals surface area contributed by atoms with Crippen LogP contribution < -0.4 is 4.74 Å². The lowest BCUT2D eigenvalue weighted by Gasteiger charge is -2.22. The summed E-state index contributed by atoms with van der Waals surface area (Å²) in [6.45, 7) is 11.8. The van der Waals surface area contributed by atoms with Crippen molar-refractivity contribution < 1.29 is 4.74 Å². The predicted molar refractivity (Wildman–Crippen MR) is 121 cm³/mol. The van der Waals surface area contributed by atoms with Gasteiger partial charge in [0.05, 0.1) is 6.61 Å². The van der Waals surface area contributed by atoms with Gasteiger partial charge in [-0.2, -0.15) is 0 Å². The first kappa shape index (κ1) is 21.0. The molecular formula is C23H30OS2. The maximum atomic E-state index is 6.11. The molecule has 3 heteroatoms. The molecule has 0 N–H and O–H groups in total. The Morgan fingerprint density at radius 2 is 1.62 bits per heavy atom. The second-order valence-electron chi connectivity index (χ2n) is 8.06. The SMILES string of the molecule is CC(C)CCOc1ccc(C(C)(C)C)cc1/C(S)=C(/S)c1ccccc1. The molecule has 0 aliphatic rings. The second kappa shape index (κ2) is 9.05. The molecule has 26 heavy (non-hydrogen) atoms. The molecule has 0 radical (unpaired) electrons. The lowest BCUT2D eigenvalue weighted by molar-refractivity contribution is 0.289. The smallest absolute Gasteiger partial charge is 0.127 e. The van der Waals surface area contributed by atoms with Gasteiger partial charge in [0.25, 0.3) is 0 Å². The Bertz CT molecular complexity index is 756. The van der Waals surface area contributed by atoms with Crippen LogP contribution in [0.5, 0.6) is 5.75 Å². The first-order valence-corrected chi connectivity index (χ1v) is 10.0. The van der Waals surface area contributed by atoms with E-state index in [0.717, 1.165) is 33.1 Å². The lowest BCUT2D eigenvalue weighted by atomic mass is 9.86. The van der Waals surface area contributed by atoms with Gasteiger partial charge in [-0.15, -0.1) is 25.3 Å². The monoisotopic (exact) mass is 386 g/mol. The van der Waals surface area contributed by atoms with Gasteiger partial charge in [-0.3, -0.25) is 0 Å². The van der Waals surface area contributed by atoms with Crippen molar-refractivity contribution in [2.45, 2.75) is 46.5 Å². The van der Waals surface area contributed by atoms with Gasteiger partial charge in [-0.25, -0.2) is 0 Å². The van der Waals surface area contributed by atoms with Crippen molar-refractivity contribution in [2.75, 3.05) is 6.61 Å². The number of benzene rings is 2. The largest absolute Gasteiger partial charge is 0.493 e. The third-order valence-electron chi connectivity index (χ3n) is 4.33. The first-order chi connectivity index (χ1) is 12.2. The van der Waals surface area contributed by atoms with Gasteiger partial charge in [0.15, 0.2) is 0 Å². The molecule has 0 heterocycles.